The Morgan fingerprint density at radius 1 is 1.19 bits per heavy atom. The summed E-state index contributed by atoms with van der Waals surface area (Å²) in [6.07, 6.45) is -0.318. The quantitative estimate of drug-likeness (QED) is 0.624. The van der Waals surface area contributed by atoms with Crippen LogP contribution in [-0.4, -0.2) is 75.4 Å². The van der Waals surface area contributed by atoms with E-state index < -0.39 is 17.8 Å². The van der Waals surface area contributed by atoms with Gasteiger partial charge in [-0.1, -0.05) is 0 Å². The Labute approximate surface area is 208 Å². The van der Waals surface area contributed by atoms with Crippen molar-refractivity contribution in [2.75, 3.05) is 18.9 Å². The van der Waals surface area contributed by atoms with Crippen molar-refractivity contribution in [2.24, 2.45) is 0 Å². The van der Waals surface area contributed by atoms with Crippen LogP contribution in [0.3, 0.4) is 0 Å². The molecule has 1 aromatic carbocycles. The molecule has 8 nitrogen and oxygen atoms in total. The lowest BCUT2D eigenvalue weighted by molar-refractivity contribution is -0.137. The van der Waals surface area contributed by atoms with Crippen LogP contribution in [0.5, 0.6) is 0 Å². The number of nitrogens with zero attached hydrogens (tertiary/aromatic N) is 4. The average Bonchev–Trinajstić information content (AvgIpc) is 3.17. The maximum absolute atomic E-state index is 13.4. The van der Waals surface area contributed by atoms with E-state index in [0.717, 1.165) is 31.4 Å². The van der Waals surface area contributed by atoms with Gasteiger partial charge in [0.1, 0.15) is 18.2 Å². The summed E-state index contributed by atoms with van der Waals surface area (Å²) in [5.74, 6) is -0.0659. The van der Waals surface area contributed by atoms with Gasteiger partial charge in [0, 0.05) is 30.9 Å². The van der Waals surface area contributed by atoms with Gasteiger partial charge in [0.2, 0.25) is 11.8 Å². The van der Waals surface area contributed by atoms with Crippen molar-refractivity contribution in [3.63, 3.8) is 0 Å². The number of carbonyl (C=O) groups is 2. The van der Waals surface area contributed by atoms with Crippen molar-refractivity contribution in [3.8, 4) is 0 Å². The van der Waals surface area contributed by atoms with Crippen molar-refractivity contribution >= 4 is 28.5 Å². The minimum absolute atomic E-state index is 0.132. The molecule has 2 aliphatic rings. The molecule has 1 saturated carbocycles. The molecule has 4 rings (SSSR count). The minimum Gasteiger partial charge on any atom is -0.358 e. The van der Waals surface area contributed by atoms with Gasteiger partial charge in [-0.05, 0) is 64.8 Å². The van der Waals surface area contributed by atoms with E-state index in [1.54, 1.807) is 0 Å². The minimum atomic E-state index is -4.50. The standard InChI is InChI=1S/C25H33F3N6O2/c1-14(2)33(4)17-6-8-22(21(12-17)31-15(3)35)34-10-9-20(24(34)36)32-23-18-11-16(25(26,27)28)5-7-19(18)29-13-30-23/h5,7,11,13-14,17,20-22H,6,8-10,12H2,1-4H3,(H,31,35)(H,29,30,32)/t17?,20-,21+,22?/m0/s1. The number of carbonyl (C=O) groups excluding carboxylic acids is 2. The number of nitrogens with one attached hydrogen (secondary N) is 2. The van der Waals surface area contributed by atoms with Crippen molar-refractivity contribution in [2.45, 2.75) is 82.8 Å². The fourth-order valence-corrected chi connectivity index (χ4v) is 5.39. The Bertz CT molecular complexity index is 1120. The predicted octanol–water partition coefficient (Wildman–Crippen LogP) is 3.43. The molecule has 2 heterocycles. The second kappa shape index (κ2) is 10.2. The first-order valence-electron chi connectivity index (χ1n) is 12.3. The summed E-state index contributed by atoms with van der Waals surface area (Å²) < 4.78 is 39.8. The molecule has 2 N–H and O–H groups in total. The fraction of sp³-hybridized carbons (Fsp3) is 0.600. The highest BCUT2D eigenvalue weighted by atomic mass is 19.4. The zero-order valence-corrected chi connectivity index (χ0v) is 21.0. The Morgan fingerprint density at radius 2 is 1.94 bits per heavy atom. The summed E-state index contributed by atoms with van der Waals surface area (Å²) in [4.78, 5) is 37.7. The number of hydrogen-bond donors (Lipinski definition) is 2. The van der Waals surface area contributed by atoms with Crippen LogP contribution >= 0.6 is 0 Å². The number of likely N-dealkylation sites (tertiary alicyclic amines) is 1. The third-order valence-corrected chi connectivity index (χ3v) is 7.48. The molecule has 196 valence electrons. The topological polar surface area (TPSA) is 90.5 Å². The second-order valence-electron chi connectivity index (χ2n) is 10.1. The first-order chi connectivity index (χ1) is 17.0. The molecule has 11 heteroatoms. The molecule has 1 aliphatic heterocycles. The van der Waals surface area contributed by atoms with Crippen molar-refractivity contribution in [3.05, 3.63) is 30.1 Å². The van der Waals surface area contributed by atoms with Gasteiger partial charge in [0.05, 0.1) is 23.2 Å². The molecule has 2 amide bonds. The lowest BCUT2D eigenvalue weighted by Gasteiger charge is -2.44. The lowest BCUT2D eigenvalue weighted by Crippen LogP contribution is -2.58. The molecule has 2 unspecified atom stereocenters. The van der Waals surface area contributed by atoms with E-state index in [0.29, 0.717) is 30.6 Å². The number of alkyl halides is 3. The highest BCUT2D eigenvalue weighted by molar-refractivity contribution is 5.93. The van der Waals surface area contributed by atoms with Crippen molar-refractivity contribution < 1.29 is 22.8 Å². The van der Waals surface area contributed by atoms with Gasteiger partial charge in [-0.25, -0.2) is 9.97 Å². The first-order valence-corrected chi connectivity index (χ1v) is 12.3. The number of fused-ring (bicyclic) bond motifs is 1. The van der Waals surface area contributed by atoms with Crippen molar-refractivity contribution in [1.29, 1.82) is 0 Å². The van der Waals surface area contributed by atoms with E-state index in [4.69, 9.17) is 0 Å². The number of aromatic nitrogens is 2. The third kappa shape index (κ3) is 5.40. The molecule has 0 radical (unpaired) electrons. The number of rotatable bonds is 6. The molecule has 2 fully saturated rings. The van der Waals surface area contributed by atoms with E-state index in [1.165, 1.54) is 19.3 Å². The lowest BCUT2D eigenvalue weighted by atomic mass is 9.84. The largest absolute Gasteiger partial charge is 0.416 e. The van der Waals surface area contributed by atoms with E-state index in [9.17, 15) is 22.8 Å². The van der Waals surface area contributed by atoms with Gasteiger partial charge in [-0.3, -0.25) is 9.59 Å². The Hall–Kier alpha value is -2.95. The molecule has 2 aromatic rings. The summed E-state index contributed by atoms with van der Waals surface area (Å²) in [6.45, 7) is 6.25. The maximum Gasteiger partial charge on any atom is 0.416 e. The van der Waals surface area contributed by atoms with E-state index in [2.05, 4.69) is 46.4 Å². The van der Waals surface area contributed by atoms with Crippen molar-refractivity contribution in [1.82, 2.24) is 25.1 Å². The zero-order valence-electron chi connectivity index (χ0n) is 21.0. The highest BCUT2D eigenvalue weighted by Crippen LogP contribution is 2.34. The summed E-state index contributed by atoms with van der Waals surface area (Å²) in [6, 6.07) is 3.05. The van der Waals surface area contributed by atoms with E-state index in [1.807, 2.05) is 4.90 Å². The third-order valence-electron chi connectivity index (χ3n) is 7.48. The first kappa shape index (κ1) is 26.1. The summed E-state index contributed by atoms with van der Waals surface area (Å²) in [7, 11) is 2.08. The van der Waals surface area contributed by atoms with E-state index in [-0.39, 0.29) is 35.1 Å². The van der Waals surface area contributed by atoms with Gasteiger partial charge < -0.3 is 20.4 Å². The number of hydrogen-bond acceptors (Lipinski definition) is 6. The summed E-state index contributed by atoms with van der Waals surface area (Å²) in [5.41, 5.74) is -0.436. The van der Waals surface area contributed by atoms with Crippen LogP contribution < -0.4 is 10.6 Å². The number of amides is 2. The molecule has 0 bridgehead atoms. The molecule has 1 aliphatic carbocycles. The van der Waals surface area contributed by atoms with Crippen LogP contribution in [0.4, 0.5) is 19.0 Å². The molecule has 36 heavy (non-hydrogen) atoms. The Morgan fingerprint density at radius 3 is 2.61 bits per heavy atom. The maximum atomic E-state index is 13.4. The number of benzene rings is 1. The normalized spacial score (nSPS) is 25.1. The van der Waals surface area contributed by atoms with Gasteiger partial charge in [-0.2, -0.15) is 13.2 Å². The monoisotopic (exact) mass is 506 g/mol. The molecular formula is C25H33F3N6O2. The number of halogens is 3. The Kier molecular flexibility index (Phi) is 7.40. The zero-order chi connectivity index (χ0) is 26.2. The highest BCUT2D eigenvalue weighted by Gasteiger charge is 2.43. The van der Waals surface area contributed by atoms with Gasteiger partial charge in [0.25, 0.3) is 0 Å². The van der Waals surface area contributed by atoms with Gasteiger partial charge in [0.15, 0.2) is 0 Å². The molecule has 4 atom stereocenters. The van der Waals surface area contributed by atoms with Crippen LogP contribution in [0.15, 0.2) is 24.5 Å². The predicted molar refractivity (Wildman–Crippen MR) is 130 cm³/mol. The van der Waals surface area contributed by atoms with Crippen LogP contribution in [0.2, 0.25) is 0 Å². The SMILES string of the molecule is CC(=O)N[C@@H]1CC(N(C)C(C)C)CCC1N1CC[C@H](Nc2ncnc3ccc(C(F)(F)F)cc23)C1=O. The average molecular weight is 507 g/mol. The van der Waals surface area contributed by atoms with Crippen LogP contribution in [0, 0.1) is 0 Å². The summed E-state index contributed by atoms with van der Waals surface area (Å²) in [5, 5.41) is 6.34. The van der Waals surface area contributed by atoms with E-state index >= 15 is 0 Å². The summed E-state index contributed by atoms with van der Waals surface area (Å²) >= 11 is 0. The van der Waals surface area contributed by atoms with Gasteiger partial charge in [-0.15, -0.1) is 0 Å². The van der Waals surface area contributed by atoms with Crippen LogP contribution in [0.1, 0.15) is 52.0 Å². The molecule has 0 spiro atoms. The number of anilines is 1. The molecular weight excluding hydrogens is 473 g/mol. The second-order valence-corrected chi connectivity index (χ2v) is 10.1. The molecule has 1 saturated heterocycles. The fourth-order valence-electron chi connectivity index (χ4n) is 5.39. The van der Waals surface area contributed by atoms with Gasteiger partial charge >= 0.3 is 6.18 Å². The Balaban J connectivity index is 1.52. The molecule has 1 aromatic heterocycles. The van der Waals surface area contributed by atoms with Crippen LogP contribution in [0.25, 0.3) is 10.9 Å². The smallest absolute Gasteiger partial charge is 0.358 e. The van der Waals surface area contributed by atoms with Crippen LogP contribution in [-0.2, 0) is 15.8 Å².